The number of fused-ring (bicyclic) bond motifs is 1. The van der Waals surface area contributed by atoms with E-state index < -0.39 is 27.9 Å². The lowest BCUT2D eigenvalue weighted by Gasteiger charge is -2.17. The van der Waals surface area contributed by atoms with Gasteiger partial charge in [0.2, 0.25) is 5.91 Å². The lowest BCUT2D eigenvalue weighted by Crippen LogP contribution is -2.45. The van der Waals surface area contributed by atoms with Gasteiger partial charge in [-0.1, -0.05) is 47.7 Å². The molecular formula is C21H23N3O6S2. The van der Waals surface area contributed by atoms with Gasteiger partial charge < -0.3 is 20.1 Å². The van der Waals surface area contributed by atoms with Crippen LogP contribution in [0.2, 0.25) is 0 Å². The number of amides is 2. The Hall–Kier alpha value is -3.18. The molecule has 170 valence electrons. The third kappa shape index (κ3) is 6.66. The zero-order valence-electron chi connectivity index (χ0n) is 17.5. The van der Waals surface area contributed by atoms with Gasteiger partial charge in [-0.05, 0) is 24.1 Å². The van der Waals surface area contributed by atoms with Gasteiger partial charge in [0.05, 0.1) is 17.6 Å². The topological polar surface area (TPSA) is 124 Å². The van der Waals surface area contributed by atoms with Crippen LogP contribution in [0, 0.1) is 0 Å². The molecule has 0 radical (unpaired) electrons. The molecule has 1 heterocycles. The second-order valence-corrected chi connectivity index (χ2v) is 10.3. The van der Waals surface area contributed by atoms with Crippen LogP contribution in [0.3, 0.4) is 0 Å². The third-order valence-electron chi connectivity index (χ3n) is 4.43. The molecular weight excluding hydrogens is 454 g/mol. The Balaban J connectivity index is 1.69. The molecule has 2 aromatic carbocycles. The highest BCUT2D eigenvalue weighted by molar-refractivity contribution is 7.90. The number of sulfone groups is 1. The largest absolute Gasteiger partial charge is 0.494 e. The number of benzene rings is 2. The van der Waals surface area contributed by atoms with Gasteiger partial charge in [0.1, 0.15) is 33.8 Å². The van der Waals surface area contributed by atoms with E-state index in [4.69, 9.17) is 9.47 Å². The first-order chi connectivity index (χ1) is 15.2. The van der Waals surface area contributed by atoms with Crippen molar-refractivity contribution < 1.29 is 27.5 Å². The van der Waals surface area contributed by atoms with E-state index in [-0.39, 0.29) is 18.8 Å². The number of aromatic nitrogens is 1. The highest BCUT2D eigenvalue weighted by Gasteiger charge is 2.24. The molecule has 2 amide bonds. The molecule has 0 aliphatic carbocycles. The van der Waals surface area contributed by atoms with Gasteiger partial charge in [-0.3, -0.25) is 4.79 Å². The number of nitrogens with one attached hydrogen (secondary N) is 2. The molecule has 1 unspecified atom stereocenters. The highest BCUT2D eigenvalue weighted by Crippen LogP contribution is 2.32. The normalized spacial score (nSPS) is 12.2. The molecule has 0 bridgehead atoms. The number of rotatable bonds is 9. The SMILES string of the molecule is COc1cccc2sc(NC(=O)C(CCS(C)(=O)=O)NC(=O)OCc3ccccc3)nc12. The summed E-state index contributed by atoms with van der Waals surface area (Å²) < 4.78 is 34.4. The number of hydrogen-bond acceptors (Lipinski definition) is 8. The number of methoxy groups -OCH3 is 1. The van der Waals surface area contributed by atoms with Crippen LogP contribution in [0.1, 0.15) is 12.0 Å². The first-order valence-corrected chi connectivity index (χ1v) is 12.5. The van der Waals surface area contributed by atoms with Crippen molar-refractivity contribution in [3.05, 3.63) is 54.1 Å². The number of carbonyl (C=O) groups excluding carboxylic acids is 2. The molecule has 32 heavy (non-hydrogen) atoms. The lowest BCUT2D eigenvalue weighted by atomic mass is 10.2. The Labute approximate surface area is 189 Å². The molecule has 0 fully saturated rings. The van der Waals surface area contributed by atoms with Crippen LogP contribution in [0.25, 0.3) is 10.2 Å². The van der Waals surface area contributed by atoms with Crippen molar-refractivity contribution in [3.63, 3.8) is 0 Å². The van der Waals surface area contributed by atoms with Crippen LogP contribution in [0.5, 0.6) is 5.75 Å². The van der Waals surface area contributed by atoms with Crippen molar-refractivity contribution in [3.8, 4) is 5.75 Å². The van der Waals surface area contributed by atoms with E-state index in [2.05, 4.69) is 15.6 Å². The molecule has 0 aliphatic rings. The number of thiazole rings is 1. The molecule has 0 aliphatic heterocycles. The van der Waals surface area contributed by atoms with Crippen molar-refractivity contribution in [2.24, 2.45) is 0 Å². The van der Waals surface area contributed by atoms with E-state index in [9.17, 15) is 18.0 Å². The monoisotopic (exact) mass is 477 g/mol. The predicted octanol–water partition coefficient (Wildman–Crippen LogP) is 2.97. The fourth-order valence-electron chi connectivity index (χ4n) is 2.84. The van der Waals surface area contributed by atoms with Crippen molar-refractivity contribution >= 4 is 48.5 Å². The molecule has 3 rings (SSSR count). The average Bonchev–Trinajstić information content (AvgIpc) is 3.17. The summed E-state index contributed by atoms with van der Waals surface area (Å²) in [6.07, 6.45) is 0.128. The quantitative estimate of drug-likeness (QED) is 0.486. The van der Waals surface area contributed by atoms with Crippen LogP contribution in [-0.4, -0.2) is 50.6 Å². The van der Waals surface area contributed by atoms with E-state index >= 15 is 0 Å². The number of nitrogens with zero attached hydrogens (tertiary/aromatic N) is 1. The summed E-state index contributed by atoms with van der Waals surface area (Å²) in [5.74, 6) is -0.309. The summed E-state index contributed by atoms with van der Waals surface area (Å²) in [5.41, 5.74) is 1.38. The van der Waals surface area contributed by atoms with Crippen molar-refractivity contribution in [2.75, 3.05) is 24.4 Å². The van der Waals surface area contributed by atoms with Crippen molar-refractivity contribution in [2.45, 2.75) is 19.1 Å². The van der Waals surface area contributed by atoms with Gasteiger partial charge in [-0.2, -0.15) is 0 Å². The fraction of sp³-hybridized carbons (Fsp3) is 0.286. The maximum Gasteiger partial charge on any atom is 0.408 e. The zero-order valence-corrected chi connectivity index (χ0v) is 19.2. The molecule has 11 heteroatoms. The molecule has 0 saturated heterocycles. The van der Waals surface area contributed by atoms with Crippen molar-refractivity contribution in [1.29, 1.82) is 0 Å². The molecule has 1 atom stereocenters. The lowest BCUT2D eigenvalue weighted by molar-refractivity contribution is -0.118. The summed E-state index contributed by atoms with van der Waals surface area (Å²) in [7, 11) is -1.82. The van der Waals surface area contributed by atoms with Crippen molar-refractivity contribution in [1.82, 2.24) is 10.3 Å². The van der Waals surface area contributed by atoms with Gasteiger partial charge in [-0.25, -0.2) is 18.2 Å². The van der Waals surface area contributed by atoms with E-state index in [1.807, 2.05) is 30.3 Å². The summed E-state index contributed by atoms with van der Waals surface area (Å²) in [5, 5.41) is 5.40. The summed E-state index contributed by atoms with van der Waals surface area (Å²) in [6.45, 7) is 0.0186. The Morgan fingerprint density at radius 2 is 1.88 bits per heavy atom. The Morgan fingerprint density at radius 3 is 2.56 bits per heavy atom. The van der Waals surface area contributed by atoms with E-state index in [0.717, 1.165) is 16.5 Å². The van der Waals surface area contributed by atoms with Crippen LogP contribution in [0.15, 0.2) is 48.5 Å². The predicted molar refractivity (Wildman–Crippen MR) is 123 cm³/mol. The van der Waals surface area contributed by atoms with Gasteiger partial charge in [-0.15, -0.1) is 0 Å². The smallest absolute Gasteiger partial charge is 0.408 e. The van der Waals surface area contributed by atoms with E-state index in [0.29, 0.717) is 16.4 Å². The number of para-hydroxylation sites is 1. The summed E-state index contributed by atoms with van der Waals surface area (Å²) >= 11 is 1.24. The highest BCUT2D eigenvalue weighted by atomic mass is 32.2. The van der Waals surface area contributed by atoms with Crippen LogP contribution in [0.4, 0.5) is 9.93 Å². The average molecular weight is 478 g/mol. The zero-order chi connectivity index (χ0) is 23.1. The molecule has 2 N–H and O–H groups in total. The maximum atomic E-state index is 12.8. The summed E-state index contributed by atoms with van der Waals surface area (Å²) in [6, 6.07) is 13.3. The molecule has 9 nitrogen and oxygen atoms in total. The second kappa shape index (κ2) is 10.4. The third-order valence-corrected chi connectivity index (χ3v) is 6.34. The van der Waals surface area contributed by atoms with Crippen LogP contribution >= 0.6 is 11.3 Å². The first kappa shape index (κ1) is 23.5. The molecule has 1 aromatic heterocycles. The Kier molecular flexibility index (Phi) is 7.65. The number of carbonyl (C=O) groups is 2. The van der Waals surface area contributed by atoms with Crippen LogP contribution in [-0.2, 0) is 26.0 Å². The van der Waals surface area contributed by atoms with Crippen LogP contribution < -0.4 is 15.4 Å². The Morgan fingerprint density at radius 1 is 1.12 bits per heavy atom. The molecule has 3 aromatic rings. The van der Waals surface area contributed by atoms with Gasteiger partial charge in [0.25, 0.3) is 0 Å². The maximum absolute atomic E-state index is 12.8. The van der Waals surface area contributed by atoms with E-state index in [1.165, 1.54) is 18.4 Å². The standard InChI is InChI=1S/C21H23N3O6S2/c1-29-16-9-6-10-17-18(16)23-20(31-17)24-19(25)15(11-12-32(2,27)28)22-21(26)30-13-14-7-4-3-5-8-14/h3-10,15H,11-13H2,1-2H3,(H,22,26)(H,23,24,25). The van der Waals surface area contributed by atoms with Gasteiger partial charge >= 0.3 is 6.09 Å². The molecule has 0 spiro atoms. The number of hydrogen-bond donors (Lipinski definition) is 2. The minimum Gasteiger partial charge on any atom is -0.494 e. The molecule has 0 saturated carbocycles. The van der Waals surface area contributed by atoms with Gasteiger partial charge in [0, 0.05) is 6.26 Å². The minimum atomic E-state index is -3.35. The van der Waals surface area contributed by atoms with Gasteiger partial charge in [0.15, 0.2) is 5.13 Å². The fourth-order valence-corrected chi connectivity index (χ4v) is 4.39. The van der Waals surface area contributed by atoms with E-state index in [1.54, 1.807) is 18.2 Å². The first-order valence-electron chi connectivity index (χ1n) is 9.64. The summed E-state index contributed by atoms with van der Waals surface area (Å²) in [4.78, 5) is 29.4. The number of alkyl carbamates (subject to hydrolysis) is 1. The Bertz CT molecular complexity index is 1190. The number of anilines is 1. The minimum absolute atomic E-state index is 0.0186. The second-order valence-electron chi connectivity index (χ2n) is 6.99. The number of ether oxygens (including phenoxy) is 2.